The molecule has 0 aliphatic heterocycles. The highest BCUT2D eigenvalue weighted by molar-refractivity contribution is 7.18. The molecule has 26 heavy (non-hydrogen) atoms. The number of halogens is 1. The Bertz CT molecular complexity index is 1160. The normalized spacial score (nSPS) is 12.0. The van der Waals surface area contributed by atoms with Crippen LogP contribution in [-0.2, 0) is 0 Å². The molecule has 1 atom stereocenters. The van der Waals surface area contributed by atoms with Crippen LogP contribution in [0.5, 0.6) is 0 Å². The average molecular weight is 379 g/mol. The zero-order chi connectivity index (χ0) is 18.1. The zero-order valence-electron chi connectivity index (χ0n) is 13.3. The third-order valence-electron chi connectivity index (χ3n) is 3.94. The van der Waals surface area contributed by atoms with Gasteiger partial charge in [0.25, 0.3) is 5.56 Å². The molecule has 4 rings (SSSR count). The molecule has 2 aromatic heterocycles. The first-order chi connectivity index (χ1) is 12.7. The van der Waals surface area contributed by atoms with Crippen LogP contribution in [0, 0.1) is 11.3 Å². The highest BCUT2D eigenvalue weighted by Gasteiger charge is 2.23. The van der Waals surface area contributed by atoms with Gasteiger partial charge in [0.15, 0.2) is 0 Å². The van der Waals surface area contributed by atoms with Crippen LogP contribution in [0.15, 0.2) is 65.6 Å². The minimum absolute atomic E-state index is 0.0188. The van der Waals surface area contributed by atoms with Crippen molar-refractivity contribution in [3.05, 3.63) is 86.7 Å². The van der Waals surface area contributed by atoms with Gasteiger partial charge in [-0.2, -0.15) is 15.0 Å². The summed E-state index contributed by atoms with van der Waals surface area (Å²) in [5.74, 6) is -0.745. The Labute approximate surface area is 157 Å². The third kappa shape index (κ3) is 2.77. The maximum absolute atomic E-state index is 12.7. The van der Waals surface area contributed by atoms with E-state index in [4.69, 9.17) is 11.6 Å². The molecule has 0 N–H and O–H groups in total. The lowest BCUT2D eigenvalue weighted by Crippen LogP contribution is -2.23. The van der Waals surface area contributed by atoms with Crippen LogP contribution < -0.4 is 5.56 Å². The van der Waals surface area contributed by atoms with Gasteiger partial charge in [-0.15, -0.1) is 11.3 Å². The van der Waals surface area contributed by atoms with E-state index in [-0.39, 0.29) is 5.02 Å². The third-order valence-corrected chi connectivity index (χ3v) is 5.43. The van der Waals surface area contributed by atoms with Crippen molar-refractivity contribution in [2.24, 2.45) is 0 Å². The Hall–Kier alpha value is -3.01. The van der Waals surface area contributed by atoms with Gasteiger partial charge in [0, 0.05) is 5.56 Å². The number of hydrogen-bond donors (Lipinski definition) is 0. The lowest BCUT2D eigenvalue weighted by molar-refractivity contribution is 0.789. The Morgan fingerprint density at radius 2 is 1.85 bits per heavy atom. The van der Waals surface area contributed by atoms with Crippen LogP contribution >= 0.6 is 22.9 Å². The van der Waals surface area contributed by atoms with Crippen molar-refractivity contribution in [3.63, 3.8) is 0 Å². The molecule has 0 amide bonds. The first kappa shape index (κ1) is 16.5. The largest absolute Gasteiger partial charge is 0.290 e. The number of fused-ring (bicyclic) bond motifs is 1. The van der Waals surface area contributed by atoms with Crippen molar-refractivity contribution < 1.29 is 0 Å². The number of nitriles is 1. The van der Waals surface area contributed by atoms with Gasteiger partial charge in [0.05, 0.1) is 28.2 Å². The highest BCUT2D eigenvalue weighted by Crippen LogP contribution is 2.33. The standard InChI is InChI=1S/C19H11ClN4OS/c20-17-14(11-22-24(19(17)25)12-6-2-1-3-7-12)13(10-21)18-23-15-8-4-5-9-16(15)26-18/h1-9,11,13H/t13-/m1/s1. The molecule has 5 nitrogen and oxygen atoms in total. The second-order valence-electron chi connectivity index (χ2n) is 5.55. The molecule has 0 radical (unpaired) electrons. The van der Waals surface area contributed by atoms with Gasteiger partial charge in [-0.25, -0.2) is 4.98 Å². The second kappa shape index (κ2) is 6.71. The van der Waals surface area contributed by atoms with Crippen molar-refractivity contribution in [3.8, 4) is 11.8 Å². The quantitative estimate of drug-likeness (QED) is 0.536. The molecule has 0 aliphatic carbocycles. The second-order valence-corrected chi connectivity index (χ2v) is 6.99. The molecule has 0 bridgehead atoms. The maximum Gasteiger partial charge on any atom is 0.290 e. The fraction of sp³-hybridized carbons (Fsp3) is 0.0526. The molecule has 0 saturated heterocycles. The minimum atomic E-state index is -0.745. The molecular weight excluding hydrogens is 368 g/mol. The van der Waals surface area contributed by atoms with Crippen LogP contribution in [0.3, 0.4) is 0 Å². The van der Waals surface area contributed by atoms with Crippen LogP contribution in [-0.4, -0.2) is 14.8 Å². The van der Waals surface area contributed by atoms with E-state index in [0.717, 1.165) is 10.2 Å². The van der Waals surface area contributed by atoms with Crippen molar-refractivity contribution in [1.29, 1.82) is 5.26 Å². The van der Waals surface area contributed by atoms with Crippen LogP contribution in [0.2, 0.25) is 5.02 Å². The molecule has 7 heteroatoms. The molecular formula is C19H11ClN4OS. The predicted octanol–water partition coefficient (Wildman–Crippen LogP) is 4.15. The molecule has 126 valence electrons. The fourth-order valence-electron chi connectivity index (χ4n) is 2.67. The number of aromatic nitrogens is 3. The van der Waals surface area contributed by atoms with Crippen LogP contribution in [0.4, 0.5) is 0 Å². The van der Waals surface area contributed by atoms with Gasteiger partial charge in [-0.1, -0.05) is 41.9 Å². The Kier molecular flexibility index (Phi) is 4.25. The fourth-order valence-corrected chi connectivity index (χ4v) is 3.94. The SMILES string of the molecule is N#C[C@@H](c1nc2ccccc2s1)c1cnn(-c2ccccc2)c(=O)c1Cl. The van der Waals surface area contributed by atoms with E-state index in [2.05, 4.69) is 16.2 Å². The molecule has 0 saturated carbocycles. The molecule has 0 unspecified atom stereocenters. The number of rotatable bonds is 3. The van der Waals surface area contributed by atoms with E-state index in [1.807, 2.05) is 42.5 Å². The molecule has 2 heterocycles. The molecule has 0 spiro atoms. The first-order valence-corrected chi connectivity index (χ1v) is 8.96. The summed E-state index contributed by atoms with van der Waals surface area (Å²) in [5.41, 5.74) is 1.33. The van der Waals surface area contributed by atoms with Crippen molar-refractivity contribution >= 4 is 33.2 Å². The van der Waals surface area contributed by atoms with E-state index in [0.29, 0.717) is 16.3 Å². The number of thiazole rings is 1. The van der Waals surface area contributed by atoms with Crippen LogP contribution in [0.25, 0.3) is 15.9 Å². The minimum Gasteiger partial charge on any atom is -0.266 e. The van der Waals surface area contributed by atoms with Gasteiger partial charge in [0.1, 0.15) is 15.9 Å². The van der Waals surface area contributed by atoms with E-state index in [9.17, 15) is 10.1 Å². The summed E-state index contributed by atoms with van der Waals surface area (Å²) in [5, 5.41) is 14.5. The predicted molar refractivity (Wildman–Crippen MR) is 102 cm³/mol. The summed E-state index contributed by atoms with van der Waals surface area (Å²) >= 11 is 7.73. The summed E-state index contributed by atoms with van der Waals surface area (Å²) < 4.78 is 2.20. The van der Waals surface area contributed by atoms with Crippen molar-refractivity contribution in [2.75, 3.05) is 0 Å². The van der Waals surface area contributed by atoms with Gasteiger partial charge < -0.3 is 0 Å². The molecule has 0 fully saturated rings. The van der Waals surface area contributed by atoms with E-state index < -0.39 is 11.5 Å². The topological polar surface area (TPSA) is 71.6 Å². The average Bonchev–Trinajstić information content (AvgIpc) is 3.10. The van der Waals surface area contributed by atoms with E-state index in [1.165, 1.54) is 22.2 Å². The van der Waals surface area contributed by atoms with Crippen LogP contribution in [0.1, 0.15) is 16.5 Å². The first-order valence-electron chi connectivity index (χ1n) is 7.77. The number of benzene rings is 2. The molecule has 2 aromatic carbocycles. The molecule has 0 aliphatic rings. The van der Waals surface area contributed by atoms with E-state index >= 15 is 0 Å². The number of nitrogens with zero attached hydrogens (tertiary/aromatic N) is 4. The Morgan fingerprint density at radius 3 is 2.58 bits per heavy atom. The van der Waals surface area contributed by atoms with Gasteiger partial charge in [-0.05, 0) is 24.3 Å². The summed E-state index contributed by atoms with van der Waals surface area (Å²) in [4.78, 5) is 17.2. The van der Waals surface area contributed by atoms with E-state index in [1.54, 1.807) is 12.1 Å². The lowest BCUT2D eigenvalue weighted by Gasteiger charge is -2.10. The summed E-state index contributed by atoms with van der Waals surface area (Å²) in [6, 6.07) is 18.8. The number of hydrogen-bond acceptors (Lipinski definition) is 5. The smallest absolute Gasteiger partial charge is 0.266 e. The molecule has 4 aromatic rings. The Balaban J connectivity index is 1.82. The van der Waals surface area contributed by atoms with Gasteiger partial charge >= 0.3 is 0 Å². The summed E-state index contributed by atoms with van der Waals surface area (Å²) in [6.07, 6.45) is 1.47. The van der Waals surface area contributed by atoms with Gasteiger partial charge in [0.2, 0.25) is 0 Å². The van der Waals surface area contributed by atoms with Crippen molar-refractivity contribution in [2.45, 2.75) is 5.92 Å². The monoisotopic (exact) mass is 378 g/mol. The van der Waals surface area contributed by atoms with Crippen molar-refractivity contribution in [1.82, 2.24) is 14.8 Å². The lowest BCUT2D eigenvalue weighted by atomic mass is 10.0. The zero-order valence-corrected chi connectivity index (χ0v) is 14.9. The Morgan fingerprint density at radius 1 is 1.12 bits per heavy atom. The maximum atomic E-state index is 12.7. The summed E-state index contributed by atoms with van der Waals surface area (Å²) in [6.45, 7) is 0. The highest BCUT2D eigenvalue weighted by atomic mass is 35.5. The summed E-state index contributed by atoms with van der Waals surface area (Å²) in [7, 11) is 0. The van der Waals surface area contributed by atoms with Gasteiger partial charge in [-0.3, -0.25) is 4.79 Å². The number of para-hydroxylation sites is 2.